The van der Waals surface area contributed by atoms with Gasteiger partial charge in [-0.05, 0) is 43.5 Å². The van der Waals surface area contributed by atoms with Crippen LogP contribution in [0.25, 0.3) is 11.0 Å². The Hall–Kier alpha value is -2.62. The molecule has 0 saturated heterocycles. The maximum atomic E-state index is 6.07. The first-order valence-electron chi connectivity index (χ1n) is 7.67. The average Bonchev–Trinajstić information content (AvgIpc) is 2.55. The molecule has 3 aromatic rings. The lowest BCUT2D eigenvalue weighted by Crippen LogP contribution is -2.36. The van der Waals surface area contributed by atoms with Crippen molar-refractivity contribution in [2.75, 3.05) is 4.90 Å². The highest BCUT2D eigenvalue weighted by Crippen LogP contribution is 2.50. The third-order valence-electron chi connectivity index (χ3n) is 4.55. The summed E-state index contributed by atoms with van der Waals surface area (Å²) in [6, 6.07) is 14.6. The summed E-state index contributed by atoms with van der Waals surface area (Å²) in [6.07, 6.45) is 2.20. The number of hydrogen-bond donors (Lipinski definition) is 0. The Morgan fingerprint density at radius 3 is 2.73 bits per heavy atom. The third-order valence-corrected chi connectivity index (χ3v) is 4.55. The summed E-state index contributed by atoms with van der Waals surface area (Å²) in [7, 11) is 0. The number of aromatic nitrogens is 2. The molecule has 0 fully saturated rings. The van der Waals surface area contributed by atoms with Gasteiger partial charge >= 0.3 is 0 Å². The molecule has 0 unspecified atom stereocenters. The van der Waals surface area contributed by atoms with E-state index in [-0.39, 0.29) is 0 Å². The summed E-state index contributed by atoms with van der Waals surface area (Å²) in [5, 5.41) is 0. The van der Waals surface area contributed by atoms with Crippen molar-refractivity contribution in [1.82, 2.24) is 9.97 Å². The highest BCUT2D eigenvalue weighted by atomic mass is 16.5. The lowest BCUT2D eigenvalue weighted by Gasteiger charge is -2.40. The molecule has 0 N–H and O–H groups in total. The van der Waals surface area contributed by atoms with Gasteiger partial charge in [-0.25, -0.2) is 9.97 Å². The van der Waals surface area contributed by atoms with Gasteiger partial charge in [0.1, 0.15) is 0 Å². The monoisotopic (exact) mass is 289 g/mol. The largest absolute Gasteiger partial charge is 0.434 e. The second-order valence-electron chi connectivity index (χ2n) is 5.96. The molecule has 108 valence electrons. The van der Waals surface area contributed by atoms with Crippen molar-refractivity contribution >= 4 is 22.5 Å². The van der Waals surface area contributed by atoms with E-state index in [0.717, 1.165) is 35.4 Å². The highest BCUT2D eigenvalue weighted by Gasteiger charge is 2.35. The number of aryl methyl sites for hydroxylation is 1. The van der Waals surface area contributed by atoms with E-state index in [1.165, 1.54) is 11.3 Å². The van der Waals surface area contributed by atoms with Crippen LogP contribution in [0, 0.1) is 0 Å². The van der Waals surface area contributed by atoms with Crippen LogP contribution in [0.3, 0.4) is 0 Å². The molecule has 0 bridgehead atoms. The number of rotatable bonds is 0. The number of anilines is 2. The zero-order chi connectivity index (χ0) is 14.7. The van der Waals surface area contributed by atoms with Crippen LogP contribution in [-0.4, -0.2) is 16.0 Å². The van der Waals surface area contributed by atoms with Gasteiger partial charge < -0.3 is 9.64 Å². The Balaban J connectivity index is 1.82. The van der Waals surface area contributed by atoms with E-state index in [4.69, 9.17) is 9.72 Å². The minimum absolute atomic E-state index is 0.395. The Labute approximate surface area is 128 Å². The van der Waals surface area contributed by atoms with Gasteiger partial charge in [0.2, 0.25) is 0 Å². The predicted molar refractivity (Wildman–Crippen MR) is 86.0 cm³/mol. The van der Waals surface area contributed by atoms with E-state index < -0.39 is 0 Å². The second kappa shape index (κ2) is 4.19. The summed E-state index contributed by atoms with van der Waals surface area (Å²) in [6.45, 7) is 2.24. The molecule has 4 nitrogen and oxygen atoms in total. The summed E-state index contributed by atoms with van der Waals surface area (Å²) < 4.78 is 6.07. The smallest absolute Gasteiger partial charge is 0.264 e. The molecule has 0 amide bonds. The number of benzene rings is 2. The molecule has 3 heterocycles. The van der Waals surface area contributed by atoms with Crippen molar-refractivity contribution in [1.29, 1.82) is 0 Å². The first kappa shape index (κ1) is 12.0. The molecule has 1 aromatic heterocycles. The van der Waals surface area contributed by atoms with E-state index in [1.54, 1.807) is 0 Å². The zero-order valence-corrected chi connectivity index (χ0v) is 12.3. The standard InChI is InChI=1S/C18H15N3O/c1-11-9-10-12-5-4-8-15-16(12)21(11)17-18(22-15)20-14-7-3-2-6-13(14)19-17/h2-8,11H,9-10H2,1H3/t11-/m0/s1. The lowest BCUT2D eigenvalue weighted by molar-refractivity contribution is 0.439. The molecule has 2 aliphatic heterocycles. The van der Waals surface area contributed by atoms with Crippen LogP contribution in [0.4, 0.5) is 11.5 Å². The van der Waals surface area contributed by atoms with Crippen LogP contribution in [0.5, 0.6) is 11.6 Å². The van der Waals surface area contributed by atoms with Crippen molar-refractivity contribution in [2.24, 2.45) is 0 Å². The zero-order valence-electron chi connectivity index (χ0n) is 12.3. The van der Waals surface area contributed by atoms with E-state index in [0.29, 0.717) is 11.9 Å². The van der Waals surface area contributed by atoms with E-state index in [9.17, 15) is 0 Å². The third kappa shape index (κ3) is 1.52. The van der Waals surface area contributed by atoms with Crippen LogP contribution >= 0.6 is 0 Å². The Bertz CT molecular complexity index is 906. The molecular formula is C18H15N3O. The summed E-state index contributed by atoms with van der Waals surface area (Å²) in [5.41, 5.74) is 4.27. The van der Waals surface area contributed by atoms with Gasteiger partial charge in [0, 0.05) is 6.04 Å². The van der Waals surface area contributed by atoms with E-state index in [2.05, 4.69) is 28.9 Å². The molecule has 0 aliphatic carbocycles. The molecular weight excluding hydrogens is 274 g/mol. The van der Waals surface area contributed by atoms with Crippen molar-refractivity contribution in [3.05, 3.63) is 48.0 Å². The van der Waals surface area contributed by atoms with Crippen LogP contribution < -0.4 is 9.64 Å². The summed E-state index contributed by atoms with van der Waals surface area (Å²) in [4.78, 5) is 11.8. The maximum Gasteiger partial charge on any atom is 0.264 e. The van der Waals surface area contributed by atoms with Gasteiger partial charge in [-0.2, -0.15) is 0 Å². The van der Waals surface area contributed by atoms with Crippen molar-refractivity contribution in [2.45, 2.75) is 25.8 Å². The van der Waals surface area contributed by atoms with Crippen LogP contribution in [0.1, 0.15) is 18.9 Å². The molecule has 0 radical (unpaired) electrons. The molecule has 5 rings (SSSR count). The quantitative estimate of drug-likeness (QED) is 0.621. The van der Waals surface area contributed by atoms with Gasteiger partial charge in [0.05, 0.1) is 16.7 Å². The summed E-state index contributed by atoms with van der Waals surface area (Å²) >= 11 is 0. The van der Waals surface area contributed by atoms with Crippen molar-refractivity contribution in [3.8, 4) is 11.6 Å². The Morgan fingerprint density at radius 1 is 1.05 bits per heavy atom. The fraction of sp³-hybridized carbons (Fsp3) is 0.222. The average molecular weight is 289 g/mol. The molecule has 4 heteroatoms. The van der Waals surface area contributed by atoms with E-state index in [1.807, 2.05) is 30.3 Å². The molecule has 1 atom stereocenters. The molecule has 2 aliphatic rings. The number of ether oxygens (including phenoxy) is 1. The minimum Gasteiger partial charge on any atom is -0.434 e. The molecule has 0 spiro atoms. The van der Waals surface area contributed by atoms with Gasteiger partial charge in [0.25, 0.3) is 5.88 Å². The maximum absolute atomic E-state index is 6.07. The van der Waals surface area contributed by atoms with Gasteiger partial charge in [-0.15, -0.1) is 0 Å². The fourth-order valence-corrected chi connectivity index (χ4v) is 3.46. The topological polar surface area (TPSA) is 38.2 Å². The Kier molecular flexibility index (Phi) is 2.28. The SMILES string of the molecule is C[C@H]1CCc2cccc3c2N1c1nc2ccccc2nc1O3. The van der Waals surface area contributed by atoms with Crippen molar-refractivity contribution < 1.29 is 4.74 Å². The lowest BCUT2D eigenvalue weighted by atomic mass is 9.95. The Morgan fingerprint density at radius 2 is 1.86 bits per heavy atom. The number of para-hydroxylation sites is 3. The molecule has 0 saturated carbocycles. The normalized spacial score (nSPS) is 18.6. The van der Waals surface area contributed by atoms with Crippen LogP contribution in [0.15, 0.2) is 42.5 Å². The second-order valence-corrected chi connectivity index (χ2v) is 5.96. The highest BCUT2D eigenvalue weighted by molar-refractivity contribution is 5.84. The van der Waals surface area contributed by atoms with Crippen LogP contribution in [0.2, 0.25) is 0 Å². The van der Waals surface area contributed by atoms with E-state index >= 15 is 0 Å². The molecule has 22 heavy (non-hydrogen) atoms. The summed E-state index contributed by atoms with van der Waals surface area (Å²) in [5.74, 6) is 2.34. The predicted octanol–water partition coefficient (Wildman–Crippen LogP) is 4.21. The minimum atomic E-state index is 0.395. The first-order chi connectivity index (χ1) is 10.8. The van der Waals surface area contributed by atoms with Gasteiger partial charge in [-0.1, -0.05) is 24.3 Å². The van der Waals surface area contributed by atoms with Crippen molar-refractivity contribution in [3.63, 3.8) is 0 Å². The first-order valence-corrected chi connectivity index (χ1v) is 7.67. The fourth-order valence-electron chi connectivity index (χ4n) is 3.46. The number of hydrogen-bond acceptors (Lipinski definition) is 4. The van der Waals surface area contributed by atoms with Crippen LogP contribution in [-0.2, 0) is 6.42 Å². The van der Waals surface area contributed by atoms with Gasteiger partial charge in [0.15, 0.2) is 11.6 Å². The molecule has 2 aromatic carbocycles. The van der Waals surface area contributed by atoms with Gasteiger partial charge in [-0.3, -0.25) is 0 Å². The number of nitrogens with zero attached hydrogens (tertiary/aromatic N) is 3. The number of fused-ring (bicyclic) bond motifs is 3.